The number of carbonyl (C=O) groups is 1. The summed E-state index contributed by atoms with van der Waals surface area (Å²) in [5.41, 5.74) is 1.89. The molecule has 2 aromatic rings. The van der Waals surface area contributed by atoms with Gasteiger partial charge in [-0.25, -0.2) is 4.98 Å². The summed E-state index contributed by atoms with van der Waals surface area (Å²) < 4.78 is 0. The van der Waals surface area contributed by atoms with Crippen LogP contribution in [-0.4, -0.2) is 10.9 Å². The molecule has 1 amide bonds. The van der Waals surface area contributed by atoms with Gasteiger partial charge in [-0.05, 0) is 25.5 Å². The average molecular weight is 325 g/mol. The number of anilines is 1. The quantitative estimate of drug-likeness (QED) is 0.861. The van der Waals surface area contributed by atoms with E-state index in [-0.39, 0.29) is 10.7 Å². The van der Waals surface area contributed by atoms with Gasteiger partial charge in [0.2, 0.25) is 0 Å². The van der Waals surface area contributed by atoms with Crippen LogP contribution in [0.1, 0.15) is 32.0 Å². The monoisotopic (exact) mass is 324 g/mol. The second-order valence-corrected chi connectivity index (χ2v) is 6.51. The van der Waals surface area contributed by atoms with Gasteiger partial charge < -0.3 is 5.32 Å². The molecule has 0 fully saturated rings. The van der Waals surface area contributed by atoms with Gasteiger partial charge >= 0.3 is 0 Å². The molecule has 0 saturated heterocycles. The minimum atomic E-state index is -0.110. The fraction of sp³-hybridized carbons (Fsp3) is 0.231. The van der Waals surface area contributed by atoms with E-state index in [1.807, 2.05) is 38.1 Å². The zero-order chi connectivity index (χ0) is 13.1. The molecule has 94 valence electrons. The summed E-state index contributed by atoms with van der Waals surface area (Å²) in [5.74, 6) is -0.110. The topological polar surface area (TPSA) is 42.0 Å². The fourth-order valence-electron chi connectivity index (χ4n) is 1.61. The van der Waals surface area contributed by atoms with Crippen molar-refractivity contribution in [1.82, 2.24) is 4.98 Å². The van der Waals surface area contributed by atoms with E-state index in [9.17, 15) is 4.79 Å². The lowest BCUT2D eigenvalue weighted by Crippen LogP contribution is -2.11. The Morgan fingerprint density at radius 2 is 2.17 bits per heavy atom. The number of aromatic nitrogens is 1. The van der Waals surface area contributed by atoms with Gasteiger partial charge in [0.1, 0.15) is 4.88 Å². The third-order valence-corrected chi connectivity index (χ3v) is 3.89. The Kier molecular flexibility index (Phi) is 4.14. The zero-order valence-corrected chi connectivity index (χ0v) is 12.5. The molecule has 1 aromatic heterocycles. The lowest BCUT2D eigenvalue weighted by molar-refractivity contribution is 0.103. The van der Waals surface area contributed by atoms with Gasteiger partial charge in [-0.2, -0.15) is 0 Å². The van der Waals surface area contributed by atoms with E-state index in [4.69, 9.17) is 0 Å². The predicted octanol–water partition coefficient (Wildman–Crippen LogP) is 4.16. The molecule has 1 heterocycles. The molecule has 2 rings (SSSR count). The molecule has 1 atom stereocenters. The van der Waals surface area contributed by atoms with Crippen LogP contribution in [0.4, 0.5) is 5.69 Å². The minimum Gasteiger partial charge on any atom is -0.321 e. The van der Waals surface area contributed by atoms with E-state index in [1.165, 1.54) is 11.3 Å². The maximum Gasteiger partial charge on any atom is 0.267 e. The summed E-state index contributed by atoms with van der Waals surface area (Å²) in [4.78, 5) is 17.0. The molecule has 5 heteroatoms. The van der Waals surface area contributed by atoms with Crippen LogP contribution < -0.4 is 5.32 Å². The number of aryl methyl sites for hydroxylation is 1. The Hall–Kier alpha value is -1.20. The standard InChI is InChI=1S/C13H13BrN2OS/c1-8(14)10-5-3-4-6-11(10)16-13(17)12-7-15-9(2)18-12/h3-8H,1-2H3,(H,16,17). The molecule has 0 radical (unpaired) electrons. The number of alkyl halides is 1. The number of amides is 1. The summed E-state index contributed by atoms with van der Waals surface area (Å²) in [6, 6.07) is 7.76. The smallest absolute Gasteiger partial charge is 0.267 e. The maximum absolute atomic E-state index is 12.0. The van der Waals surface area contributed by atoms with Gasteiger partial charge in [-0.15, -0.1) is 11.3 Å². The first kappa shape index (κ1) is 13.2. The molecule has 1 unspecified atom stereocenters. The Bertz CT molecular complexity index is 566. The highest BCUT2D eigenvalue weighted by molar-refractivity contribution is 9.09. The van der Waals surface area contributed by atoms with Gasteiger partial charge in [0.15, 0.2) is 0 Å². The van der Waals surface area contributed by atoms with Crippen LogP contribution in [0.2, 0.25) is 0 Å². The molecule has 0 bridgehead atoms. The predicted molar refractivity (Wildman–Crippen MR) is 78.6 cm³/mol. The molecule has 0 aliphatic carbocycles. The Morgan fingerprint density at radius 3 is 2.78 bits per heavy atom. The molecule has 18 heavy (non-hydrogen) atoms. The van der Waals surface area contributed by atoms with Crippen molar-refractivity contribution in [3.8, 4) is 0 Å². The first-order valence-corrected chi connectivity index (χ1v) is 7.28. The summed E-state index contributed by atoms with van der Waals surface area (Å²) in [6.45, 7) is 3.91. The number of nitrogens with zero attached hydrogens (tertiary/aromatic N) is 1. The first-order chi connectivity index (χ1) is 8.58. The van der Waals surface area contributed by atoms with E-state index in [0.717, 1.165) is 16.3 Å². The summed E-state index contributed by atoms with van der Waals surface area (Å²) in [6.07, 6.45) is 1.61. The van der Waals surface area contributed by atoms with Crippen molar-refractivity contribution in [1.29, 1.82) is 0 Å². The van der Waals surface area contributed by atoms with Crippen molar-refractivity contribution in [3.63, 3.8) is 0 Å². The van der Waals surface area contributed by atoms with Gasteiger partial charge in [-0.3, -0.25) is 4.79 Å². The summed E-state index contributed by atoms with van der Waals surface area (Å²) >= 11 is 4.92. The van der Waals surface area contributed by atoms with Crippen LogP contribution >= 0.6 is 27.3 Å². The van der Waals surface area contributed by atoms with Crippen LogP contribution in [-0.2, 0) is 0 Å². The Morgan fingerprint density at radius 1 is 1.44 bits per heavy atom. The van der Waals surface area contributed by atoms with Crippen molar-refractivity contribution in [3.05, 3.63) is 45.9 Å². The second kappa shape index (κ2) is 5.63. The molecule has 3 nitrogen and oxygen atoms in total. The van der Waals surface area contributed by atoms with E-state index >= 15 is 0 Å². The SMILES string of the molecule is Cc1ncc(C(=O)Nc2ccccc2C(C)Br)s1. The normalized spacial score (nSPS) is 12.2. The highest BCUT2D eigenvalue weighted by Gasteiger charge is 2.13. The van der Waals surface area contributed by atoms with Gasteiger partial charge in [0.25, 0.3) is 5.91 Å². The highest BCUT2D eigenvalue weighted by atomic mass is 79.9. The van der Waals surface area contributed by atoms with E-state index in [0.29, 0.717) is 4.88 Å². The highest BCUT2D eigenvalue weighted by Crippen LogP contribution is 2.29. The van der Waals surface area contributed by atoms with E-state index in [2.05, 4.69) is 26.2 Å². The third kappa shape index (κ3) is 2.97. The molecule has 0 spiro atoms. The number of para-hydroxylation sites is 1. The molecular weight excluding hydrogens is 312 g/mol. The molecule has 0 saturated carbocycles. The Balaban J connectivity index is 2.22. The fourth-order valence-corrected chi connectivity index (χ4v) is 2.68. The third-order valence-electron chi connectivity index (χ3n) is 2.48. The first-order valence-electron chi connectivity index (χ1n) is 5.54. The molecule has 1 aromatic carbocycles. The van der Waals surface area contributed by atoms with Crippen LogP contribution in [0, 0.1) is 6.92 Å². The molecule has 0 aliphatic heterocycles. The number of halogens is 1. The van der Waals surface area contributed by atoms with Gasteiger partial charge in [-0.1, -0.05) is 34.1 Å². The number of carbonyl (C=O) groups excluding carboxylic acids is 1. The van der Waals surface area contributed by atoms with Crippen molar-refractivity contribution < 1.29 is 4.79 Å². The zero-order valence-electron chi connectivity index (χ0n) is 10.1. The number of thiazole rings is 1. The van der Waals surface area contributed by atoms with Crippen LogP contribution in [0.15, 0.2) is 30.5 Å². The van der Waals surface area contributed by atoms with Crippen molar-refractivity contribution >= 4 is 38.9 Å². The van der Waals surface area contributed by atoms with Gasteiger partial charge in [0, 0.05) is 10.5 Å². The van der Waals surface area contributed by atoms with Crippen LogP contribution in [0.3, 0.4) is 0 Å². The van der Waals surface area contributed by atoms with E-state index in [1.54, 1.807) is 6.20 Å². The summed E-state index contributed by atoms with van der Waals surface area (Å²) in [7, 11) is 0. The lowest BCUT2D eigenvalue weighted by Gasteiger charge is -2.11. The average Bonchev–Trinajstić information content (AvgIpc) is 2.76. The minimum absolute atomic E-state index is 0.110. The summed E-state index contributed by atoms with van der Waals surface area (Å²) in [5, 5.41) is 3.81. The molecule has 1 N–H and O–H groups in total. The molecular formula is C13H13BrN2OS. The lowest BCUT2D eigenvalue weighted by atomic mass is 10.1. The van der Waals surface area contributed by atoms with Crippen molar-refractivity contribution in [2.75, 3.05) is 5.32 Å². The number of hydrogen-bond acceptors (Lipinski definition) is 3. The Labute approximate surface area is 118 Å². The number of benzene rings is 1. The molecule has 0 aliphatic rings. The van der Waals surface area contributed by atoms with E-state index < -0.39 is 0 Å². The number of nitrogens with one attached hydrogen (secondary N) is 1. The van der Waals surface area contributed by atoms with Crippen molar-refractivity contribution in [2.24, 2.45) is 0 Å². The number of hydrogen-bond donors (Lipinski definition) is 1. The number of rotatable bonds is 3. The maximum atomic E-state index is 12.0. The van der Waals surface area contributed by atoms with Crippen molar-refractivity contribution in [2.45, 2.75) is 18.7 Å². The van der Waals surface area contributed by atoms with Crippen LogP contribution in [0.5, 0.6) is 0 Å². The largest absolute Gasteiger partial charge is 0.321 e. The van der Waals surface area contributed by atoms with Crippen LogP contribution in [0.25, 0.3) is 0 Å². The van der Waals surface area contributed by atoms with Gasteiger partial charge in [0.05, 0.1) is 11.2 Å². The second-order valence-electron chi connectivity index (χ2n) is 3.90.